The summed E-state index contributed by atoms with van der Waals surface area (Å²) in [5.74, 6) is -0.418. The molecule has 1 aromatic rings. The minimum Gasteiger partial charge on any atom is -0.493 e. The number of piperidine rings is 1. The van der Waals surface area contributed by atoms with E-state index in [2.05, 4.69) is 10.3 Å². The molecule has 6 heteroatoms. The third kappa shape index (κ3) is 4.23. The molecule has 1 fully saturated rings. The van der Waals surface area contributed by atoms with Crippen molar-refractivity contribution in [1.29, 1.82) is 0 Å². The Morgan fingerprint density at radius 3 is 2.58 bits per heavy atom. The van der Waals surface area contributed by atoms with Crippen LogP contribution < -0.4 is 10.1 Å². The molecule has 0 aliphatic carbocycles. The van der Waals surface area contributed by atoms with Crippen molar-refractivity contribution in [3.63, 3.8) is 0 Å². The Morgan fingerprint density at radius 2 is 1.96 bits per heavy atom. The second-order valence-corrected chi connectivity index (χ2v) is 6.52. The van der Waals surface area contributed by atoms with Gasteiger partial charge >= 0.3 is 0 Å². The summed E-state index contributed by atoms with van der Waals surface area (Å²) in [5.41, 5.74) is -0.207. The number of hydrogen-bond acceptors (Lipinski definition) is 4. The summed E-state index contributed by atoms with van der Waals surface area (Å²) in [4.78, 5) is 4.03. The Hall–Kier alpha value is -1.69. The lowest BCUT2D eigenvalue weighted by molar-refractivity contribution is 0.244. The van der Waals surface area contributed by atoms with Crippen LogP contribution >= 0.6 is 0 Å². The molecule has 0 amide bonds. The Labute approximate surface area is 141 Å². The number of aliphatic imine (C=N–C) groups is 1. The Bertz CT molecular complexity index is 578. The van der Waals surface area contributed by atoms with Crippen molar-refractivity contribution in [2.24, 2.45) is 10.9 Å². The van der Waals surface area contributed by atoms with Crippen LogP contribution in [0.5, 0.6) is 5.75 Å². The molecule has 0 saturated carbocycles. The van der Waals surface area contributed by atoms with Gasteiger partial charge in [0, 0.05) is 12.1 Å². The molecule has 0 aromatic heterocycles. The summed E-state index contributed by atoms with van der Waals surface area (Å²) in [6.07, 6.45) is 4.22. The topological polar surface area (TPSA) is 42.8 Å². The van der Waals surface area contributed by atoms with Crippen LogP contribution in [-0.4, -0.2) is 38.2 Å². The van der Waals surface area contributed by atoms with Gasteiger partial charge in [-0.3, -0.25) is 0 Å². The average Bonchev–Trinajstić information content (AvgIpc) is 2.98. The highest BCUT2D eigenvalue weighted by atomic mass is 19.1. The standard InChI is InChI=1S/C18H24F2N2O2/c1-12-11-22-18(24-12)17-15(19)9-14(10-16(17)20)23-8-2-3-13-4-6-21-7-5-13/h9-10,12-13,21H,2-8,11H2,1H3/t12-/m0/s1. The highest BCUT2D eigenvalue weighted by molar-refractivity contribution is 5.95. The van der Waals surface area contributed by atoms with Gasteiger partial charge in [0.15, 0.2) is 0 Å². The van der Waals surface area contributed by atoms with Gasteiger partial charge in [0.25, 0.3) is 0 Å². The molecule has 24 heavy (non-hydrogen) atoms. The molecule has 0 bridgehead atoms. The van der Waals surface area contributed by atoms with E-state index < -0.39 is 11.6 Å². The maximum Gasteiger partial charge on any atom is 0.222 e. The van der Waals surface area contributed by atoms with E-state index in [0.717, 1.165) is 31.8 Å². The fraction of sp³-hybridized carbons (Fsp3) is 0.611. The number of halogens is 2. The molecule has 1 saturated heterocycles. The minimum absolute atomic E-state index is 0.0370. The summed E-state index contributed by atoms with van der Waals surface area (Å²) in [6.45, 7) is 4.86. The van der Waals surface area contributed by atoms with Gasteiger partial charge in [-0.1, -0.05) is 0 Å². The Balaban J connectivity index is 1.53. The van der Waals surface area contributed by atoms with E-state index >= 15 is 0 Å². The van der Waals surface area contributed by atoms with Gasteiger partial charge < -0.3 is 14.8 Å². The van der Waals surface area contributed by atoms with Crippen molar-refractivity contribution >= 4 is 5.90 Å². The number of ether oxygens (including phenoxy) is 2. The molecule has 0 unspecified atom stereocenters. The summed E-state index contributed by atoms with van der Waals surface area (Å²) >= 11 is 0. The van der Waals surface area contributed by atoms with Gasteiger partial charge in [0.1, 0.15) is 29.1 Å². The SMILES string of the molecule is C[C@H]1CN=C(c2c(F)cc(OCCCC3CCNCC3)cc2F)O1. The maximum atomic E-state index is 14.2. The van der Waals surface area contributed by atoms with Gasteiger partial charge in [-0.25, -0.2) is 13.8 Å². The number of nitrogens with one attached hydrogen (secondary N) is 1. The second-order valence-electron chi connectivity index (χ2n) is 6.52. The summed E-state index contributed by atoms with van der Waals surface area (Å²) in [5, 5.41) is 3.34. The third-order valence-electron chi connectivity index (χ3n) is 4.52. The van der Waals surface area contributed by atoms with Gasteiger partial charge in [-0.15, -0.1) is 0 Å². The fourth-order valence-corrected chi connectivity index (χ4v) is 3.18. The Kier molecular flexibility index (Phi) is 5.66. The molecule has 3 rings (SSSR count). The van der Waals surface area contributed by atoms with Crippen LogP contribution in [0.25, 0.3) is 0 Å². The molecule has 4 nitrogen and oxygen atoms in total. The normalized spacial score (nSPS) is 21.5. The minimum atomic E-state index is -0.698. The lowest BCUT2D eigenvalue weighted by Crippen LogP contribution is -2.27. The van der Waals surface area contributed by atoms with Crippen molar-refractivity contribution in [2.45, 2.75) is 38.7 Å². The van der Waals surface area contributed by atoms with Crippen LogP contribution in [0.15, 0.2) is 17.1 Å². The summed E-state index contributed by atoms with van der Waals surface area (Å²) in [7, 11) is 0. The quantitative estimate of drug-likeness (QED) is 0.810. The first-order valence-corrected chi connectivity index (χ1v) is 8.67. The third-order valence-corrected chi connectivity index (χ3v) is 4.52. The second kappa shape index (κ2) is 7.92. The molecule has 0 radical (unpaired) electrons. The average molecular weight is 338 g/mol. The number of hydrogen-bond donors (Lipinski definition) is 1. The highest BCUT2D eigenvalue weighted by Crippen LogP contribution is 2.24. The monoisotopic (exact) mass is 338 g/mol. The number of nitrogens with zero attached hydrogens (tertiary/aromatic N) is 1. The van der Waals surface area contributed by atoms with Crippen LogP contribution in [-0.2, 0) is 4.74 Å². The zero-order chi connectivity index (χ0) is 16.9. The van der Waals surface area contributed by atoms with Crippen molar-refractivity contribution in [3.05, 3.63) is 29.3 Å². The molecule has 2 heterocycles. The van der Waals surface area contributed by atoms with Gasteiger partial charge in [0.05, 0.1) is 13.2 Å². The van der Waals surface area contributed by atoms with Crippen molar-refractivity contribution in [3.8, 4) is 5.75 Å². The number of rotatable bonds is 6. The molecule has 132 valence electrons. The fourth-order valence-electron chi connectivity index (χ4n) is 3.18. The van der Waals surface area contributed by atoms with Crippen LogP contribution in [0.2, 0.25) is 0 Å². The van der Waals surface area contributed by atoms with Gasteiger partial charge in [-0.2, -0.15) is 0 Å². The zero-order valence-corrected chi connectivity index (χ0v) is 14.0. The van der Waals surface area contributed by atoms with Crippen LogP contribution in [0.3, 0.4) is 0 Å². The predicted octanol–water partition coefficient (Wildman–Crippen LogP) is 3.29. The van der Waals surface area contributed by atoms with E-state index in [1.165, 1.54) is 25.0 Å². The van der Waals surface area contributed by atoms with E-state index in [0.29, 0.717) is 13.2 Å². The lowest BCUT2D eigenvalue weighted by atomic mass is 9.93. The molecular formula is C18H24F2N2O2. The van der Waals surface area contributed by atoms with Crippen molar-refractivity contribution in [1.82, 2.24) is 5.32 Å². The molecule has 1 atom stereocenters. The van der Waals surface area contributed by atoms with E-state index in [1.807, 2.05) is 6.92 Å². The Morgan fingerprint density at radius 1 is 1.25 bits per heavy atom. The molecule has 2 aliphatic heterocycles. The number of benzene rings is 1. The first kappa shape index (κ1) is 17.1. The molecule has 1 N–H and O–H groups in total. The van der Waals surface area contributed by atoms with Crippen LogP contribution in [0.4, 0.5) is 8.78 Å². The first-order chi connectivity index (χ1) is 11.6. The predicted molar refractivity (Wildman–Crippen MR) is 88.6 cm³/mol. The summed E-state index contributed by atoms with van der Waals surface area (Å²) < 4.78 is 39.3. The maximum absolute atomic E-state index is 14.2. The summed E-state index contributed by atoms with van der Waals surface area (Å²) in [6, 6.07) is 2.41. The van der Waals surface area contributed by atoms with E-state index in [1.54, 1.807) is 0 Å². The van der Waals surface area contributed by atoms with Crippen LogP contribution in [0, 0.1) is 17.6 Å². The smallest absolute Gasteiger partial charge is 0.222 e. The van der Waals surface area contributed by atoms with E-state index in [-0.39, 0.29) is 23.3 Å². The van der Waals surface area contributed by atoms with Gasteiger partial charge in [0.2, 0.25) is 5.90 Å². The van der Waals surface area contributed by atoms with Crippen molar-refractivity contribution in [2.75, 3.05) is 26.2 Å². The van der Waals surface area contributed by atoms with E-state index in [9.17, 15) is 8.78 Å². The molecular weight excluding hydrogens is 314 g/mol. The molecule has 2 aliphatic rings. The highest BCUT2D eigenvalue weighted by Gasteiger charge is 2.24. The molecule has 0 spiro atoms. The van der Waals surface area contributed by atoms with Crippen molar-refractivity contribution < 1.29 is 18.3 Å². The van der Waals surface area contributed by atoms with E-state index in [4.69, 9.17) is 9.47 Å². The van der Waals surface area contributed by atoms with Gasteiger partial charge in [-0.05, 0) is 51.6 Å². The first-order valence-electron chi connectivity index (χ1n) is 8.67. The largest absolute Gasteiger partial charge is 0.493 e. The molecule has 1 aromatic carbocycles. The zero-order valence-electron chi connectivity index (χ0n) is 14.0. The van der Waals surface area contributed by atoms with Crippen LogP contribution in [0.1, 0.15) is 38.2 Å². The lowest BCUT2D eigenvalue weighted by Gasteiger charge is -2.22.